The molecule has 140 valence electrons. The number of allylic oxidation sites excluding steroid dienone is 2. The summed E-state index contributed by atoms with van der Waals surface area (Å²) in [5.41, 5.74) is 2.96. The van der Waals surface area contributed by atoms with Gasteiger partial charge in [0.05, 0.1) is 37.9 Å². The van der Waals surface area contributed by atoms with E-state index in [1.54, 1.807) is 11.9 Å². The maximum absolute atomic E-state index is 12.6. The Morgan fingerprint density at radius 1 is 1.00 bits per heavy atom. The molecule has 1 aliphatic rings. The summed E-state index contributed by atoms with van der Waals surface area (Å²) >= 11 is 0. The Bertz CT molecular complexity index is 738. The van der Waals surface area contributed by atoms with Crippen LogP contribution in [0, 0.1) is 0 Å². The molecule has 2 rings (SSSR count). The number of rotatable bonds is 5. The predicted octanol–water partition coefficient (Wildman–Crippen LogP) is 3.01. The van der Waals surface area contributed by atoms with Gasteiger partial charge in [0.2, 0.25) is 0 Å². The molecular weight excluding hydrogens is 334 g/mol. The molecule has 0 atom stereocenters. The molecule has 1 aliphatic heterocycles. The second kappa shape index (κ2) is 8.08. The quantitative estimate of drug-likeness (QED) is 0.753. The number of carbonyl (C=O) groups is 2. The third-order valence-corrected chi connectivity index (χ3v) is 4.70. The molecule has 26 heavy (non-hydrogen) atoms. The van der Waals surface area contributed by atoms with E-state index in [9.17, 15) is 9.59 Å². The lowest BCUT2D eigenvalue weighted by Gasteiger charge is -2.35. The molecule has 1 aromatic rings. The number of esters is 2. The summed E-state index contributed by atoms with van der Waals surface area (Å²) in [6.07, 6.45) is 0. The van der Waals surface area contributed by atoms with Crippen molar-refractivity contribution in [3.05, 3.63) is 52.4 Å². The molecule has 0 saturated carbocycles. The number of nitrogens with zero attached hydrogens (tertiary/aromatic N) is 1. The average molecular weight is 359 g/mol. The van der Waals surface area contributed by atoms with Crippen molar-refractivity contribution in [1.82, 2.24) is 4.90 Å². The van der Waals surface area contributed by atoms with E-state index in [0.29, 0.717) is 23.5 Å². The SMILES string of the molecule is CCOc1ccccc1C1C(C(=O)OC)=C(C)N(C)C(C)=C1C(=O)OC. The van der Waals surface area contributed by atoms with Crippen LogP contribution in [0.4, 0.5) is 0 Å². The molecule has 1 heterocycles. The van der Waals surface area contributed by atoms with Crippen molar-refractivity contribution >= 4 is 11.9 Å². The van der Waals surface area contributed by atoms with Crippen LogP contribution in [0.3, 0.4) is 0 Å². The molecule has 0 radical (unpaired) electrons. The van der Waals surface area contributed by atoms with Gasteiger partial charge in [0.25, 0.3) is 0 Å². The topological polar surface area (TPSA) is 65.1 Å². The third-order valence-electron chi connectivity index (χ3n) is 4.70. The van der Waals surface area contributed by atoms with Crippen molar-refractivity contribution in [1.29, 1.82) is 0 Å². The normalized spacial score (nSPS) is 15.2. The minimum atomic E-state index is -0.631. The molecule has 6 nitrogen and oxygen atoms in total. The highest BCUT2D eigenvalue weighted by molar-refractivity contribution is 6.00. The zero-order valence-electron chi connectivity index (χ0n) is 16.1. The van der Waals surface area contributed by atoms with E-state index in [1.165, 1.54) is 14.2 Å². The third kappa shape index (κ3) is 3.31. The average Bonchev–Trinajstić information content (AvgIpc) is 2.65. The van der Waals surface area contributed by atoms with Gasteiger partial charge in [0, 0.05) is 24.0 Å². The number of para-hydroxylation sites is 1. The number of ether oxygens (including phenoxy) is 3. The van der Waals surface area contributed by atoms with E-state index in [-0.39, 0.29) is 0 Å². The molecule has 0 spiro atoms. The molecule has 0 fully saturated rings. The van der Waals surface area contributed by atoms with Gasteiger partial charge in [-0.3, -0.25) is 0 Å². The van der Waals surface area contributed by atoms with Gasteiger partial charge in [0.1, 0.15) is 5.75 Å². The number of carbonyl (C=O) groups excluding carboxylic acids is 2. The number of benzene rings is 1. The molecule has 6 heteroatoms. The van der Waals surface area contributed by atoms with E-state index in [4.69, 9.17) is 14.2 Å². The van der Waals surface area contributed by atoms with Gasteiger partial charge in [-0.25, -0.2) is 9.59 Å². The predicted molar refractivity (Wildman–Crippen MR) is 97.5 cm³/mol. The summed E-state index contributed by atoms with van der Waals surface area (Å²) in [5.74, 6) is -0.985. The van der Waals surface area contributed by atoms with Gasteiger partial charge < -0.3 is 19.1 Å². The van der Waals surface area contributed by atoms with Crippen LogP contribution in [0.25, 0.3) is 0 Å². The fourth-order valence-electron chi connectivity index (χ4n) is 3.24. The van der Waals surface area contributed by atoms with E-state index in [1.807, 2.05) is 45.0 Å². The monoisotopic (exact) mass is 359 g/mol. The first-order valence-corrected chi connectivity index (χ1v) is 8.42. The van der Waals surface area contributed by atoms with Gasteiger partial charge in [-0.2, -0.15) is 0 Å². The summed E-state index contributed by atoms with van der Waals surface area (Å²) in [7, 11) is 4.47. The molecule has 0 aliphatic carbocycles. The lowest BCUT2D eigenvalue weighted by Crippen LogP contribution is -2.33. The maximum atomic E-state index is 12.6. The van der Waals surface area contributed by atoms with Crippen LogP contribution in [-0.2, 0) is 19.1 Å². The lowest BCUT2D eigenvalue weighted by atomic mass is 9.79. The van der Waals surface area contributed by atoms with Crippen LogP contribution >= 0.6 is 0 Å². The van der Waals surface area contributed by atoms with Gasteiger partial charge in [-0.1, -0.05) is 18.2 Å². The minimum Gasteiger partial charge on any atom is -0.494 e. The van der Waals surface area contributed by atoms with Crippen molar-refractivity contribution in [2.45, 2.75) is 26.7 Å². The smallest absolute Gasteiger partial charge is 0.336 e. The zero-order chi connectivity index (χ0) is 19.4. The van der Waals surface area contributed by atoms with E-state index < -0.39 is 17.9 Å². The molecular formula is C20H25NO5. The maximum Gasteiger partial charge on any atom is 0.336 e. The minimum absolute atomic E-state index is 0.396. The number of methoxy groups -OCH3 is 2. The lowest BCUT2D eigenvalue weighted by molar-refractivity contribution is -0.137. The summed E-state index contributed by atoms with van der Waals surface area (Å²) in [6, 6.07) is 7.38. The molecule has 0 aromatic heterocycles. The van der Waals surface area contributed by atoms with Crippen molar-refractivity contribution in [3.63, 3.8) is 0 Å². The Labute approximate surface area is 154 Å². The van der Waals surface area contributed by atoms with Gasteiger partial charge >= 0.3 is 11.9 Å². The molecule has 0 N–H and O–H groups in total. The standard InChI is InChI=1S/C20H25NO5/c1-7-26-15-11-9-8-10-14(15)18-16(19(22)24-5)12(2)21(4)13(3)17(18)20(23)25-6/h8-11,18H,7H2,1-6H3. The van der Waals surface area contributed by atoms with Crippen molar-refractivity contribution < 1.29 is 23.8 Å². The molecule has 0 bridgehead atoms. The number of hydrogen-bond donors (Lipinski definition) is 0. The van der Waals surface area contributed by atoms with Gasteiger partial charge in [-0.15, -0.1) is 0 Å². The fraction of sp³-hybridized carbons (Fsp3) is 0.400. The fourth-order valence-corrected chi connectivity index (χ4v) is 3.24. The van der Waals surface area contributed by atoms with E-state index >= 15 is 0 Å². The van der Waals surface area contributed by atoms with Crippen molar-refractivity contribution in [3.8, 4) is 5.75 Å². The molecule has 0 unspecified atom stereocenters. The first-order chi connectivity index (χ1) is 12.4. The Morgan fingerprint density at radius 2 is 1.50 bits per heavy atom. The Kier molecular flexibility index (Phi) is 6.08. The van der Waals surface area contributed by atoms with Crippen LogP contribution < -0.4 is 4.74 Å². The molecule has 0 amide bonds. The highest BCUT2D eigenvalue weighted by Gasteiger charge is 2.40. The summed E-state index contributed by atoms with van der Waals surface area (Å²) in [6.45, 7) is 6.02. The summed E-state index contributed by atoms with van der Waals surface area (Å²) in [4.78, 5) is 27.0. The second-order valence-corrected chi connectivity index (χ2v) is 5.94. The highest BCUT2D eigenvalue weighted by Crippen LogP contribution is 2.44. The van der Waals surface area contributed by atoms with Gasteiger partial charge in [-0.05, 0) is 26.8 Å². The molecule has 0 saturated heterocycles. The number of hydrogen-bond acceptors (Lipinski definition) is 6. The van der Waals surface area contributed by atoms with Crippen LogP contribution in [0.5, 0.6) is 5.75 Å². The summed E-state index contributed by atoms with van der Waals surface area (Å²) < 4.78 is 15.8. The van der Waals surface area contributed by atoms with Crippen molar-refractivity contribution in [2.75, 3.05) is 27.9 Å². The Morgan fingerprint density at radius 3 is 1.96 bits per heavy atom. The Hall–Kier alpha value is -2.76. The first-order valence-electron chi connectivity index (χ1n) is 8.42. The Balaban J connectivity index is 2.80. The van der Waals surface area contributed by atoms with Crippen molar-refractivity contribution in [2.24, 2.45) is 0 Å². The zero-order valence-corrected chi connectivity index (χ0v) is 16.1. The van der Waals surface area contributed by atoms with Gasteiger partial charge in [0.15, 0.2) is 0 Å². The summed E-state index contributed by atoms with van der Waals surface area (Å²) in [5, 5.41) is 0. The highest BCUT2D eigenvalue weighted by atomic mass is 16.5. The van der Waals surface area contributed by atoms with Crippen LogP contribution in [0.15, 0.2) is 46.8 Å². The van der Waals surface area contributed by atoms with Crippen LogP contribution in [0.2, 0.25) is 0 Å². The first kappa shape index (κ1) is 19.6. The van der Waals surface area contributed by atoms with Crippen LogP contribution in [-0.4, -0.2) is 44.7 Å². The van der Waals surface area contributed by atoms with E-state index in [0.717, 1.165) is 17.0 Å². The van der Waals surface area contributed by atoms with Crippen LogP contribution in [0.1, 0.15) is 32.3 Å². The largest absolute Gasteiger partial charge is 0.494 e. The van der Waals surface area contributed by atoms with E-state index in [2.05, 4.69) is 0 Å². The molecule has 1 aromatic carbocycles. The second-order valence-electron chi connectivity index (χ2n) is 5.94.